The first-order valence-corrected chi connectivity index (χ1v) is 2.65. The minimum atomic E-state index is -0.297. The van der Waals surface area contributed by atoms with E-state index in [4.69, 9.17) is 5.53 Å². The van der Waals surface area contributed by atoms with Crippen molar-refractivity contribution in [2.45, 2.75) is 26.3 Å². The van der Waals surface area contributed by atoms with Gasteiger partial charge in [-0.1, -0.05) is 12.2 Å². The van der Waals surface area contributed by atoms with E-state index in [9.17, 15) is 0 Å². The molecule has 8 heavy (non-hydrogen) atoms. The highest BCUT2D eigenvalue weighted by molar-refractivity contribution is 4.98. The summed E-state index contributed by atoms with van der Waals surface area (Å²) in [5, 5.41) is 3.37. The Kier molecular flexibility index (Phi) is 2.38. The molecular weight excluding hydrogens is 100 g/mol. The Hall–Kier alpha value is -0.660. The lowest BCUT2D eigenvalue weighted by Crippen LogP contribution is -2.09. The van der Waals surface area contributed by atoms with E-state index in [2.05, 4.69) is 5.11 Å². The quantitative estimate of drug-likeness (QED) is 0.420. The number of rotatable bonds is 2. The van der Waals surface area contributed by atoms with E-state index in [1.807, 2.05) is 32.9 Å². The number of hydrogen-bond donors (Lipinski definition) is 1. The van der Waals surface area contributed by atoms with E-state index in [-0.39, 0.29) is 5.54 Å². The summed E-state index contributed by atoms with van der Waals surface area (Å²) < 4.78 is 0. The summed E-state index contributed by atoms with van der Waals surface area (Å²) in [5.41, 5.74) is 6.39. The maximum absolute atomic E-state index is 6.68. The average Bonchev–Trinajstić information content (AvgIpc) is 1.67. The van der Waals surface area contributed by atoms with Gasteiger partial charge in [-0.15, -0.1) is 0 Å². The summed E-state index contributed by atoms with van der Waals surface area (Å²) in [7, 11) is 0. The second-order valence-electron chi connectivity index (χ2n) is 2.27. The first kappa shape index (κ1) is 7.34. The molecule has 0 heterocycles. The molecule has 2 heteroatoms. The fourth-order valence-corrected chi connectivity index (χ4v) is 0.445. The molecule has 46 valence electrons. The molecule has 0 spiro atoms. The van der Waals surface area contributed by atoms with Crippen LogP contribution < -0.4 is 0 Å². The summed E-state index contributed by atoms with van der Waals surface area (Å²) in [6, 6.07) is 0. The minimum Gasteiger partial charge on any atom is -0.209 e. The molecule has 0 aromatic rings. The number of allylic oxidation sites excluding steroid dienone is 1. The highest BCUT2D eigenvalue weighted by Crippen LogP contribution is 2.08. The third kappa shape index (κ3) is 2.50. The highest BCUT2D eigenvalue weighted by Gasteiger charge is 2.08. The van der Waals surface area contributed by atoms with Crippen molar-refractivity contribution in [1.82, 2.24) is 0 Å². The molecule has 0 aliphatic heterocycles. The first-order chi connectivity index (χ1) is 3.62. The fourth-order valence-electron chi connectivity index (χ4n) is 0.445. The zero-order valence-corrected chi connectivity index (χ0v) is 5.60. The Labute approximate surface area is 50.1 Å². The third-order valence-corrected chi connectivity index (χ3v) is 0.863. The van der Waals surface area contributed by atoms with Crippen LogP contribution in [-0.2, 0) is 0 Å². The smallest absolute Gasteiger partial charge is 0.0936 e. The maximum Gasteiger partial charge on any atom is 0.0936 e. The standard InChI is InChI=1S/C6H12N2/c1-4-5-6(2,3)8-7/h4-5,7H,1-3H3/b5-4-,8-7?. The van der Waals surface area contributed by atoms with E-state index in [1.54, 1.807) is 0 Å². The molecule has 0 amide bonds. The lowest BCUT2D eigenvalue weighted by molar-refractivity contribution is 0.599. The van der Waals surface area contributed by atoms with Gasteiger partial charge in [-0.05, 0) is 20.8 Å². The SMILES string of the molecule is C/C=C\C(C)(C)N=N. The van der Waals surface area contributed by atoms with Crippen molar-refractivity contribution in [3.05, 3.63) is 12.2 Å². The van der Waals surface area contributed by atoms with Crippen LogP contribution in [0.1, 0.15) is 20.8 Å². The van der Waals surface area contributed by atoms with Crippen LogP contribution >= 0.6 is 0 Å². The summed E-state index contributed by atoms with van der Waals surface area (Å²) in [6.45, 7) is 5.70. The van der Waals surface area contributed by atoms with Gasteiger partial charge in [0, 0.05) is 0 Å². The van der Waals surface area contributed by atoms with E-state index < -0.39 is 0 Å². The van der Waals surface area contributed by atoms with Gasteiger partial charge in [-0.25, -0.2) is 5.53 Å². The number of nitrogens with zero attached hydrogens (tertiary/aromatic N) is 1. The maximum atomic E-state index is 6.68. The van der Waals surface area contributed by atoms with Gasteiger partial charge in [0.15, 0.2) is 0 Å². The molecule has 0 fully saturated rings. The van der Waals surface area contributed by atoms with Gasteiger partial charge in [-0.3, -0.25) is 0 Å². The average molecular weight is 112 g/mol. The van der Waals surface area contributed by atoms with Gasteiger partial charge in [0.1, 0.15) is 0 Å². The summed E-state index contributed by atoms with van der Waals surface area (Å²) in [4.78, 5) is 0. The lowest BCUT2D eigenvalue weighted by atomic mass is 10.1. The van der Waals surface area contributed by atoms with Crippen molar-refractivity contribution in [1.29, 1.82) is 5.53 Å². The molecule has 0 rings (SSSR count). The van der Waals surface area contributed by atoms with Gasteiger partial charge in [0.2, 0.25) is 0 Å². The molecule has 0 radical (unpaired) electrons. The van der Waals surface area contributed by atoms with Crippen LogP contribution in [0.15, 0.2) is 17.3 Å². The zero-order chi connectivity index (χ0) is 6.62. The molecule has 0 aromatic carbocycles. The Balaban J connectivity index is 3.90. The second kappa shape index (κ2) is 2.60. The van der Waals surface area contributed by atoms with Gasteiger partial charge in [0.05, 0.1) is 5.54 Å². The van der Waals surface area contributed by atoms with E-state index in [1.165, 1.54) is 0 Å². The predicted octanol–water partition coefficient (Wildman–Crippen LogP) is 2.37. The zero-order valence-electron chi connectivity index (χ0n) is 5.60. The van der Waals surface area contributed by atoms with Crippen molar-refractivity contribution in [3.8, 4) is 0 Å². The molecular formula is C6H12N2. The van der Waals surface area contributed by atoms with E-state index in [0.717, 1.165) is 0 Å². The Morgan fingerprint density at radius 3 is 2.12 bits per heavy atom. The van der Waals surface area contributed by atoms with Crippen LogP contribution in [0.2, 0.25) is 0 Å². The van der Waals surface area contributed by atoms with Gasteiger partial charge >= 0.3 is 0 Å². The highest BCUT2D eigenvalue weighted by atomic mass is 15.0. The van der Waals surface area contributed by atoms with E-state index >= 15 is 0 Å². The molecule has 0 atom stereocenters. The Morgan fingerprint density at radius 2 is 2.00 bits per heavy atom. The van der Waals surface area contributed by atoms with Crippen molar-refractivity contribution in [2.75, 3.05) is 0 Å². The van der Waals surface area contributed by atoms with Crippen molar-refractivity contribution < 1.29 is 0 Å². The van der Waals surface area contributed by atoms with Gasteiger partial charge in [0.25, 0.3) is 0 Å². The van der Waals surface area contributed by atoms with Crippen LogP contribution in [0.3, 0.4) is 0 Å². The van der Waals surface area contributed by atoms with Gasteiger partial charge < -0.3 is 0 Å². The Bertz CT molecular complexity index is 103. The van der Waals surface area contributed by atoms with Crippen molar-refractivity contribution >= 4 is 0 Å². The largest absolute Gasteiger partial charge is 0.209 e. The van der Waals surface area contributed by atoms with Crippen LogP contribution in [-0.4, -0.2) is 5.54 Å². The first-order valence-electron chi connectivity index (χ1n) is 2.65. The summed E-state index contributed by atoms with van der Waals surface area (Å²) >= 11 is 0. The molecule has 1 N–H and O–H groups in total. The summed E-state index contributed by atoms with van der Waals surface area (Å²) in [6.07, 6.45) is 3.79. The van der Waals surface area contributed by atoms with E-state index in [0.29, 0.717) is 0 Å². The number of nitrogens with one attached hydrogen (secondary N) is 1. The van der Waals surface area contributed by atoms with Crippen LogP contribution in [0.4, 0.5) is 0 Å². The number of hydrogen-bond acceptors (Lipinski definition) is 2. The predicted molar refractivity (Wildman–Crippen MR) is 34.0 cm³/mol. The normalized spacial score (nSPS) is 12.4. The van der Waals surface area contributed by atoms with Crippen LogP contribution in [0.5, 0.6) is 0 Å². The lowest BCUT2D eigenvalue weighted by Gasteiger charge is -2.08. The molecule has 0 unspecified atom stereocenters. The van der Waals surface area contributed by atoms with Crippen molar-refractivity contribution in [2.24, 2.45) is 5.11 Å². The molecule has 2 nitrogen and oxygen atoms in total. The topological polar surface area (TPSA) is 36.2 Å². The minimum absolute atomic E-state index is 0.297. The Morgan fingerprint density at radius 1 is 1.50 bits per heavy atom. The third-order valence-electron chi connectivity index (χ3n) is 0.863. The fraction of sp³-hybridized carbons (Fsp3) is 0.667. The molecule has 0 bridgehead atoms. The van der Waals surface area contributed by atoms with Crippen molar-refractivity contribution in [3.63, 3.8) is 0 Å². The molecule has 0 aliphatic rings. The summed E-state index contributed by atoms with van der Waals surface area (Å²) in [5.74, 6) is 0. The molecule has 0 saturated heterocycles. The monoisotopic (exact) mass is 112 g/mol. The van der Waals surface area contributed by atoms with Gasteiger partial charge in [-0.2, -0.15) is 5.11 Å². The molecule has 0 aliphatic carbocycles. The second-order valence-corrected chi connectivity index (χ2v) is 2.27. The molecule has 0 aromatic heterocycles. The molecule has 0 saturated carbocycles. The van der Waals surface area contributed by atoms with Crippen LogP contribution in [0.25, 0.3) is 0 Å². The van der Waals surface area contributed by atoms with Crippen LogP contribution in [0, 0.1) is 5.53 Å².